The first-order chi connectivity index (χ1) is 19.1. The molecule has 0 bridgehead atoms. The average Bonchev–Trinajstić information content (AvgIpc) is 3.45. The van der Waals surface area contributed by atoms with E-state index in [0.717, 1.165) is 24.8 Å². The summed E-state index contributed by atoms with van der Waals surface area (Å²) in [5.74, 6) is -0.687. The largest absolute Gasteiger partial charge is 0.497 e. The van der Waals surface area contributed by atoms with Crippen molar-refractivity contribution in [2.75, 3.05) is 13.7 Å². The minimum Gasteiger partial charge on any atom is -0.497 e. The Balaban J connectivity index is 1.45. The van der Waals surface area contributed by atoms with Gasteiger partial charge in [0.25, 0.3) is 0 Å². The van der Waals surface area contributed by atoms with Crippen molar-refractivity contribution in [3.8, 4) is 5.75 Å². The van der Waals surface area contributed by atoms with Crippen molar-refractivity contribution in [2.45, 2.75) is 95.4 Å². The van der Waals surface area contributed by atoms with Gasteiger partial charge in [0, 0.05) is 19.3 Å². The van der Waals surface area contributed by atoms with Gasteiger partial charge in [-0.25, -0.2) is 0 Å². The molecule has 3 N–H and O–H groups in total. The summed E-state index contributed by atoms with van der Waals surface area (Å²) in [4.78, 5) is 63.6. The van der Waals surface area contributed by atoms with Gasteiger partial charge in [-0.1, -0.05) is 37.8 Å². The molecule has 10 nitrogen and oxygen atoms in total. The third kappa shape index (κ3) is 7.68. The van der Waals surface area contributed by atoms with Gasteiger partial charge in [-0.3, -0.25) is 24.0 Å². The van der Waals surface area contributed by atoms with E-state index in [-0.39, 0.29) is 36.7 Å². The Morgan fingerprint density at radius 3 is 2.20 bits per heavy atom. The third-order valence-corrected chi connectivity index (χ3v) is 8.37. The van der Waals surface area contributed by atoms with Crippen molar-refractivity contribution in [1.82, 2.24) is 16.0 Å². The predicted octanol–water partition coefficient (Wildman–Crippen LogP) is 2.02. The van der Waals surface area contributed by atoms with Gasteiger partial charge in [-0.2, -0.15) is 0 Å². The fourth-order valence-electron chi connectivity index (χ4n) is 5.44. The summed E-state index contributed by atoms with van der Waals surface area (Å²) in [5.41, 5.74) is -0.0958. The molecule has 218 valence electrons. The summed E-state index contributed by atoms with van der Waals surface area (Å²) in [7, 11) is 1.56. The van der Waals surface area contributed by atoms with Crippen LogP contribution in [0, 0.1) is 11.8 Å². The first-order valence-corrected chi connectivity index (χ1v) is 14.3. The Morgan fingerprint density at radius 1 is 1.00 bits per heavy atom. The van der Waals surface area contributed by atoms with E-state index in [0.29, 0.717) is 24.7 Å². The summed E-state index contributed by atoms with van der Waals surface area (Å²) in [6.45, 7) is 3.60. The topological polar surface area (TPSA) is 143 Å². The molecule has 0 unspecified atom stereocenters. The second-order valence-electron chi connectivity index (χ2n) is 11.7. The number of rotatable bonds is 14. The van der Waals surface area contributed by atoms with E-state index in [1.54, 1.807) is 26.2 Å². The van der Waals surface area contributed by atoms with Crippen molar-refractivity contribution < 1.29 is 33.4 Å². The summed E-state index contributed by atoms with van der Waals surface area (Å²) >= 11 is 0. The zero-order chi connectivity index (χ0) is 28.9. The molecule has 3 aliphatic rings. The highest BCUT2D eigenvalue weighted by atomic mass is 16.6. The van der Waals surface area contributed by atoms with E-state index in [2.05, 4.69) is 16.0 Å². The highest BCUT2D eigenvalue weighted by Gasteiger charge is 2.50. The minimum atomic E-state index is -0.986. The number of carbonyl (C=O) groups is 5. The van der Waals surface area contributed by atoms with Crippen molar-refractivity contribution in [3.63, 3.8) is 0 Å². The van der Waals surface area contributed by atoms with Gasteiger partial charge in [0.1, 0.15) is 29.2 Å². The molecule has 1 aliphatic heterocycles. The number of amides is 3. The Labute approximate surface area is 235 Å². The molecule has 0 spiro atoms. The van der Waals surface area contributed by atoms with Gasteiger partial charge in [-0.15, -0.1) is 0 Å². The van der Waals surface area contributed by atoms with E-state index in [1.165, 1.54) is 19.8 Å². The van der Waals surface area contributed by atoms with Gasteiger partial charge in [0.15, 0.2) is 5.78 Å². The van der Waals surface area contributed by atoms with Crippen LogP contribution in [0.5, 0.6) is 5.75 Å². The number of hydrogen-bond acceptors (Lipinski definition) is 7. The van der Waals surface area contributed by atoms with E-state index < -0.39 is 41.5 Å². The maximum atomic E-state index is 13.6. The Morgan fingerprint density at radius 2 is 1.62 bits per heavy atom. The Hall–Kier alpha value is -3.27. The molecule has 4 atom stereocenters. The van der Waals surface area contributed by atoms with Crippen LogP contribution >= 0.6 is 0 Å². The molecule has 1 saturated heterocycles. The van der Waals surface area contributed by atoms with E-state index >= 15 is 0 Å². The first kappa shape index (κ1) is 29.7. The SMILES string of the molecule is COc1ccc(C[C@H](NC(=O)[C@@H](C)NC(=O)C2CC(=O)C2)C(=O)N[C@@H](CCC2CCCC2)C(=O)[C@@]2(C)CO2)cc1. The van der Waals surface area contributed by atoms with Crippen molar-refractivity contribution in [1.29, 1.82) is 0 Å². The summed E-state index contributed by atoms with van der Waals surface area (Å²) < 4.78 is 10.6. The van der Waals surface area contributed by atoms with Crippen molar-refractivity contribution in [2.24, 2.45) is 11.8 Å². The van der Waals surface area contributed by atoms with Crippen LogP contribution in [0.3, 0.4) is 0 Å². The lowest BCUT2D eigenvalue weighted by atomic mass is 9.83. The predicted molar refractivity (Wildman–Crippen MR) is 146 cm³/mol. The third-order valence-electron chi connectivity index (χ3n) is 8.37. The molecule has 0 aromatic heterocycles. The molecular weight excluding hydrogens is 514 g/mol. The van der Waals surface area contributed by atoms with Crippen LogP contribution in [0.25, 0.3) is 0 Å². The molecule has 1 aromatic carbocycles. The molecule has 1 heterocycles. The molecule has 1 aromatic rings. The van der Waals surface area contributed by atoms with E-state index in [9.17, 15) is 24.0 Å². The molecule has 3 fully saturated rings. The number of benzene rings is 1. The Bertz CT molecular complexity index is 1100. The number of nitrogens with one attached hydrogen (secondary N) is 3. The van der Waals surface area contributed by atoms with Crippen LogP contribution in [0.4, 0.5) is 0 Å². The van der Waals surface area contributed by atoms with Crippen LogP contribution < -0.4 is 20.7 Å². The molecule has 2 saturated carbocycles. The monoisotopic (exact) mass is 555 g/mol. The van der Waals surface area contributed by atoms with Gasteiger partial charge in [0.05, 0.1) is 25.7 Å². The maximum Gasteiger partial charge on any atom is 0.243 e. The first-order valence-electron chi connectivity index (χ1n) is 14.3. The minimum absolute atomic E-state index is 0.0240. The lowest BCUT2D eigenvalue weighted by molar-refractivity contribution is -0.139. The molecule has 3 amide bonds. The van der Waals surface area contributed by atoms with E-state index in [1.807, 2.05) is 12.1 Å². The molecular formula is C30H41N3O7. The zero-order valence-corrected chi connectivity index (χ0v) is 23.6. The van der Waals surface area contributed by atoms with Crippen LogP contribution in [0.1, 0.15) is 70.8 Å². The second-order valence-corrected chi connectivity index (χ2v) is 11.7. The average molecular weight is 556 g/mol. The smallest absolute Gasteiger partial charge is 0.243 e. The Kier molecular flexibility index (Phi) is 9.60. The van der Waals surface area contributed by atoms with Crippen LogP contribution in [0.2, 0.25) is 0 Å². The maximum absolute atomic E-state index is 13.6. The standard InChI is InChI=1S/C30H41N3O7/c1-18(31-28(37)21-15-22(34)16-21)27(36)33-25(14-20-8-11-23(39-3)12-9-20)29(38)32-24(26(35)30(2)17-40-30)13-10-19-6-4-5-7-19/h8-9,11-12,18-19,21,24-25H,4-7,10,13-17H2,1-3H3,(H,31,37)(H,32,38)(H,33,36)/t18-,24+,25+,30-/m1/s1. The van der Waals surface area contributed by atoms with Crippen molar-refractivity contribution in [3.05, 3.63) is 29.8 Å². The molecule has 4 rings (SSSR count). The van der Waals surface area contributed by atoms with Crippen LogP contribution in [-0.2, 0) is 35.1 Å². The molecule has 10 heteroatoms. The quantitative estimate of drug-likeness (QED) is 0.298. The lowest BCUT2D eigenvalue weighted by Crippen LogP contribution is -2.57. The number of epoxide rings is 1. The van der Waals surface area contributed by atoms with Gasteiger partial charge >= 0.3 is 0 Å². The van der Waals surface area contributed by atoms with Gasteiger partial charge < -0.3 is 25.4 Å². The molecule has 40 heavy (non-hydrogen) atoms. The normalized spacial score (nSPS) is 22.9. The van der Waals surface area contributed by atoms with Crippen molar-refractivity contribution >= 4 is 29.3 Å². The van der Waals surface area contributed by atoms with Crippen LogP contribution in [0.15, 0.2) is 24.3 Å². The summed E-state index contributed by atoms with van der Waals surface area (Å²) in [5, 5.41) is 8.34. The van der Waals surface area contributed by atoms with Gasteiger partial charge in [-0.05, 0) is 50.3 Å². The second kappa shape index (κ2) is 12.9. The molecule has 2 aliphatic carbocycles. The van der Waals surface area contributed by atoms with Crippen LogP contribution in [-0.4, -0.2) is 66.7 Å². The highest BCUT2D eigenvalue weighted by Crippen LogP contribution is 2.32. The number of methoxy groups -OCH3 is 1. The highest BCUT2D eigenvalue weighted by molar-refractivity contribution is 5.99. The number of ketones is 2. The zero-order valence-electron chi connectivity index (χ0n) is 23.6. The number of Topliss-reactive ketones (excluding diaryl/α,β-unsaturated/α-hetero) is 2. The lowest BCUT2D eigenvalue weighted by Gasteiger charge is -2.27. The number of ether oxygens (including phenoxy) is 2. The van der Waals surface area contributed by atoms with E-state index in [4.69, 9.17) is 9.47 Å². The summed E-state index contributed by atoms with van der Waals surface area (Å²) in [6, 6.07) is 4.55. The summed E-state index contributed by atoms with van der Waals surface area (Å²) in [6.07, 6.45) is 6.56. The fourth-order valence-corrected chi connectivity index (χ4v) is 5.44. The molecule has 0 radical (unpaired) electrons. The fraction of sp³-hybridized carbons (Fsp3) is 0.633. The number of carbonyl (C=O) groups excluding carboxylic acids is 5. The van der Waals surface area contributed by atoms with Gasteiger partial charge in [0.2, 0.25) is 17.7 Å². The number of hydrogen-bond donors (Lipinski definition) is 3.